The third-order valence-electron chi connectivity index (χ3n) is 2.79. The first kappa shape index (κ1) is 13.8. The minimum Gasteiger partial charge on any atom is -0.490 e. The van der Waals surface area contributed by atoms with Gasteiger partial charge in [-0.1, -0.05) is 0 Å². The lowest BCUT2D eigenvalue weighted by Crippen LogP contribution is -2.10. The SMILES string of the molecule is Cc1cc(OCCOc2ccc(C#N)cc2)nnc1C. The van der Waals surface area contributed by atoms with Gasteiger partial charge in [0.2, 0.25) is 5.88 Å². The van der Waals surface area contributed by atoms with Gasteiger partial charge < -0.3 is 9.47 Å². The molecule has 20 heavy (non-hydrogen) atoms. The van der Waals surface area contributed by atoms with Crippen LogP contribution in [0.15, 0.2) is 30.3 Å². The Labute approximate surface area is 117 Å². The average Bonchev–Trinajstić information content (AvgIpc) is 2.48. The molecule has 0 unspecified atom stereocenters. The Bertz CT molecular complexity index is 618. The normalized spacial score (nSPS) is 9.85. The van der Waals surface area contributed by atoms with Crippen LogP contribution in [0.2, 0.25) is 0 Å². The predicted molar refractivity (Wildman–Crippen MR) is 73.7 cm³/mol. The number of rotatable bonds is 5. The maximum Gasteiger partial charge on any atom is 0.233 e. The molecular formula is C15H15N3O2. The van der Waals surface area contributed by atoms with Crippen LogP contribution in [0.4, 0.5) is 0 Å². The highest BCUT2D eigenvalue weighted by Gasteiger charge is 2.01. The Balaban J connectivity index is 1.78. The summed E-state index contributed by atoms with van der Waals surface area (Å²) in [6, 6.07) is 10.9. The fraction of sp³-hybridized carbons (Fsp3) is 0.267. The molecule has 0 atom stereocenters. The van der Waals surface area contributed by atoms with Gasteiger partial charge in [0.1, 0.15) is 19.0 Å². The van der Waals surface area contributed by atoms with Crippen molar-refractivity contribution in [1.29, 1.82) is 5.26 Å². The summed E-state index contributed by atoms with van der Waals surface area (Å²) >= 11 is 0. The molecule has 1 aromatic heterocycles. The molecule has 2 rings (SSSR count). The Kier molecular flexibility index (Phi) is 4.51. The van der Waals surface area contributed by atoms with Gasteiger partial charge in [-0.3, -0.25) is 0 Å². The Hall–Kier alpha value is -2.61. The molecule has 0 saturated carbocycles. The lowest BCUT2D eigenvalue weighted by Gasteiger charge is -2.08. The molecule has 1 aromatic carbocycles. The van der Waals surface area contributed by atoms with E-state index in [4.69, 9.17) is 14.7 Å². The molecule has 102 valence electrons. The van der Waals surface area contributed by atoms with E-state index in [0.29, 0.717) is 30.4 Å². The summed E-state index contributed by atoms with van der Waals surface area (Å²) in [7, 11) is 0. The van der Waals surface area contributed by atoms with E-state index in [9.17, 15) is 0 Å². The summed E-state index contributed by atoms with van der Waals surface area (Å²) < 4.78 is 11.0. The highest BCUT2D eigenvalue weighted by Crippen LogP contribution is 2.12. The summed E-state index contributed by atoms with van der Waals surface area (Å²) in [5.41, 5.74) is 2.55. The molecule has 0 radical (unpaired) electrons. The van der Waals surface area contributed by atoms with Crippen LogP contribution in [-0.4, -0.2) is 23.4 Å². The van der Waals surface area contributed by atoms with Crippen LogP contribution in [0.3, 0.4) is 0 Å². The second kappa shape index (κ2) is 6.53. The van der Waals surface area contributed by atoms with Crippen molar-refractivity contribution in [3.63, 3.8) is 0 Å². The summed E-state index contributed by atoms with van der Waals surface area (Å²) in [4.78, 5) is 0. The zero-order chi connectivity index (χ0) is 14.4. The van der Waals surface area contributed by atoms with Crippen molar-refractivity contribution in [2.24, 2.45) is 0 Å². The molecule has 0 aliphatic rings. The van der Waals surface area contributed by atoms with Gasteiger partial charge in [0.25, 0.3) is 0 Å². The number of nitrogens with zero attached hydrogens (tertiary/aromatic N) is 3. The van der Waals surface area contributed by atoms with Crippen LogP contribution < -0.4 is 9.47 Å². The number of nitriles is 1. The monoisotopic (exact) mass is 269 g/mol. The van der Waals surface area contributed by atoms with E-state index in [1.54, 1.807) is 24.3 Å². The highest BCUT2D eigenvalue weighted by atomic mass is 16.5. The van der Waals surface area contributed by atoms with Crippen LogP contribution in [0.1, 0.15) is 16.8 Å². The van der Waals surface area contributed by atoms with Crippen molar-refractivity contribution in [1.82, 2.24) is 10.2 Å². The summed E-state index contributed by atoms with van der Waals surface area (Å²) in [5, 5.41) is 16.6. The zero-order valence-electron chi connectivity index (χ0n) is 11.5. The zero-order valence-corrected chi connectivity index (χ0v) is 11.5. The van der Waals surface area contributed by atoms with Crippen molar-refractivity contribution < 1.29 is 9.47 Å². The van der Waals surface area contributed by atoms with Gasteiger partial charge >= 0.3 is 0 Å². The number of aryl methyl sites for hydroxylation is 2. The summed E-state index contributed by atoms with van der Waals surface area (Å²) in [6.07, 6.45) is 0. The van der Waals surface area contributed by atoms with Crippen LogP contribution in [0.5, 0.6) is 11.6 Å². The van der Waals surface area contributed by atoms with Gasteiger partial charge in [-0.25, -0.2) is 0 Å². The van der Waals surface area contributed by atoms with E-state index in [-0.39, 0.29) is 0 Å². The van der Waals surface area contributed by atoms with E-state index < -0.39 is 0 Å². The van der Waals surface area contributed by atoms with Gasteiger partial charge in [0.05, 0.1) is 17.3 Å². The maximum absolute atomic E-state index is 8.69. The van der Waals surface area contributed by atoms with Crippen molar-refractivity contribution in [3.8, 4) is 17.7 Å². The number of hydrogen-bond donors (Lipinski definition) is 0. The van der Waals surface area contributed by atoms with Crippen molar-refractivity contribution in [2.45, 2.75) is 13.8 Å². The lowest BCUT2D eigenvalue weighted by atomic mass is 10.2. The standard InChI is InChI=1S/C15H15N3O2/c1-11-9-15(18-17-12(11)2)20-8-7-19-14-5-3-13(10-16)4-6-14/h3-6,9H,7-8H2,1-2H3. The molecule has 0 aliphatic heterocycles. The Morgan fingerprint density at radius 1 is 1.05 bits per heavy atom. The molecule has 0 saturated heterocycles. The second-order valence-corrected chi connectivity index (χ2v) is 4.28. The smallest absolute Gasteiger partial charge is 0.233 e. The first-order chi connectivity index (χ1) is 9.69. The van der Waals surface area contributed by atoms with Gasteiger partial charge in [0.15, 0.2) is 0 Å². The number of aromatic nitrogens is 2. The fourth-order valence-electron chi connectivity index (χ4n) is 1.52. The largest absolute Gasteiger partial charge is 0.490 e. The van der Waals surface area contributed by atoms with Gasteiger partial charge in [0, 0.05) is 6.07 Å². The van der Waals surface area contributed by atoms with E-state index in [1.807, 2.05) is 19.9 Å². The molecule has 1 heterocycles. The molecule has 0 N–H and O–H groups in total. The number of hydrogen-bond acceptors (Lipinski definition) is 5. The van der Waals surface area contributed by atoms with Crippen LogP contribution in [-0.2, 0) is 0 Å². The van der Waals surface area contributed by atoms with Crippen molar-refractivity contribution in [2.75, 3.05) is 13.2 Å². The molecular weight excluding hydrogens is 254 g/mol. The molecule has 5 heteroatoms. The van der Waals surface area contributed by atoms with Crippen LogP contribution in [0.25, 0.3) is 0 Å². The highest BCUT2D eigenvalue weighted by molar-refractivity contribution is 5.34. The Morgan fingerprint density at radius 3 is 2.40 bits per heavy atom. The molecule has 0 amide bonds. The topological polar surface area (TPSA) is 68.0 Å². The first-order valence-corrected chi connectivity index (χ1v) is 6.26. The molecule has 0 bridgehead atoms. The molecule has 0 fully saturated rings. The molecule has 2 aromatic rings. The third kappa shape index (κ3) is 3.69. The first-order valence-electron chi connectivity index (χ1n) is 6.26. The van der Waals surface area contributed by atoms with Gasteiger partial charge in [-0.05, 0) is 43.7 Å². The second-order valence-electron chi connectivity index (χ2n) is 4.28. The van der Waals surface area contributed by atoms with Crippen LogP contribution >= 0.6 is 0 Å². The van der Waals surface area contributed by atoms with E-state index in [1.165, 1.54) is 0 Å². The summed E-state index contributed by atoms with van der Waals surface area (Å²) in [6.45, 7) is 4.65. The van der Waals surface area contributed by atoms with Crippen molar-refractivity contribution in [3.05, 3.63) is 47.2 Å². The molecule has 5 nitrogen and oxygen atoms in total. The average molecular weight is 269 g/mol. The number of benzene rings is 1. The minimum atomic E-state index is 0.386. The Morgan fingerprint density at radius 2 is 1.75 bits per heavy atom. The predicted octanol–water partition coefficient (Wildman–Crippen LogP) is 2.42. The fourth-order valence-corrected chi connectivity index (χ4v) is 1.52. The van der Waals surface area contributed by atoms with Crippen molar-refractivity contribution >= 4 is 0 Å². The van der Waals surface area contributed by atoms with E-state index in [2.05, 4.69) is 16.3 Å². The van der Waals surface area contributed by atoms with Gasteiger partial charge in [-0.15, -0.1) is 5.10 Å². The third-order valence-corrected chi connectivity index (χ3v) is 2.79. The molecule has 0 spiro atoms. The van der Waals surface area contributed by atoms with E-state index >= 15 is 0 Å². The van der Waals surface area contributed by atoms with Crippen LogP contribution in [0, 0.1) is 25.2 Å². The molecule has 0 aliphatic carbocycles. The van der Waals surface area contributed by atoms with Gasteiger partial charge in [-0.2, -0.15) is 10.4 Å². The lowest BCUT2D eigenvalue weighted by molar-refractivity contribution is 0.210. The quantitative estimate of drug-likeness (QED) is 0.780. The number of ether oxygens (including phenoxy) is 2. The summed E-state index contributed by atoms with van der Waals surface area (Å²) in [5.74, 6) is 1.20. The maximum atomic E-state index is 8.69. The van der Waals surface area contributed by atoms with E-state index in [0.717, 1.165) is 11.3 Å². The minimum absolute atomic E-state index is 0.386.